The van der Waals surface area contributed by atoms with E-state index in [1.165, 1.54) is 28.4 Å². The minimum atomic E-state index is -0.390. The van der Waals surface area contributed by atoms with Crippen LogP contribution in [0.4, 0.5) is 5.13 Å². The molecule has 7 heteroatoms. The van der Waals surface area contributed by atoms with Crippen molar-refractivity contribution < 1.29 is 14.4 Å². The summed E-state index contributed by atoms with van der Waals surface area (Å²) in [5, 5.41) is 5.03. The zero-order valence-corrected chi connectivity index (χ0v) is 15.2. The van der Waals surface area contributed by atoms with Gasteiger partial charge in [-0.2, -0.15) is 0 Å². The fourth-order valence-corrected chi connectivity index (χ4v) is 3.61. The zero-order valence-electron chi connectivity index (χ0n) is 14.4. The summed E-state index contributed by atoms with van der Waals surface area (Å²) in [6.45, 7) is 2.04. The Morgan fingerprint density at radius 3 is 2.52 bits per heavy atom. The average molecular weight is 377 g/mol. The molecule has 0 fully saturated rings. The number of rotatable bonds is 4. The molecule has 0 saturated carbocycles. The number of nitrogens with one attached hydrogen (secondary N) is 1. The van der Waals surface area contributed by atoms with E-state index in [0.29, 0.717) is 16.3 Å². The number of carbonyl (C=O) groups excluding carboxylic acids is 3. The number of aryl methyl sites for hydroxylation is 1. The lowest BCUT2D eigenvalue weighted by Gasteiger charge is -2.13. The van der Waals surface area contributed by atoms with E-state index in [4.69, 9.17) is 0 Å². The van der Waals surface area contributed by atoms with E-state index in [1.54, 1.807) is 6.07 Å². The molecular formula is C20H15N3O3S. The largest absolute Gasteiger partial charge is 0.298 e. The van der Waals surface area contributed by atoms with Gasteiger partial charge in [-0.05, 0) is 30.7 Å². The van der Waals surface area contributed by atoms with Crippen molar-refractivity contribution >= 4 is 34.2 Å². The predicted molar refractivity (Wildman–Crippen MR) is 102 cm³/mol. The van der Waals surface area contributed by atoms with Gasteiger partial charge >= 0.3 is 0 Å². The molecule has 27 heavy (non-hydrogen) atoms. The summed E-state index contributed by atoms with van der Waals surface area (Å²) >= 11 is 1.33. The third kappa shape index (κ3) is 3.24. The summed E-state index contributed by atoms with van der Waals surface area (Å²) in [5.74, 6) is -1.10. The molecule has 1 aliphatic rings. The molecule has 3 amide bonds. The third-order valence-corrected chi connectivity index (χ3v) is 5.13. The Bertz CT molecular complexity index is 1060. The summed E-state index contributed by atoms with van der Waals surface area (Å²) in [6.07, 6.45) is 0. The van der Waals surface area contributed by atoms with Gasteiger partial charge in [0.2, 0.25) is 0 Å². The molecule has 3 aromatic rings. The molecular weight excluding hydrogens is 362 g/mol. The maximum absolute atomic E-state index is 12.7. The lowest BCUT2D eigenvalue weighted by Crippen LogP contribution is -2.29. The van der Waals surface area contributed by atoms with E-state index in [-0.39, 0.29) is 23.9 Å². The minimum absolute atomic E-state index is 0.201. The van der Waals surface area contributed by atoms with Crippen LogP contribution in [0.1, 0.15) is 42.3 Å². The van der Waals surface area contributed by atoms with Crippen LogP contribution in [0, 0.1) is 6.92 Å². The topological polar surface area (TPSA) is 79.4 Å². The van der Waals surface area contributed by atoms with Gasteiger partial charge in [0.15, 0.2) is 5.13 Å². The van der Waals surface area contributed by atoms with E-state index >= 15 is 0 Å². The highest BCUT2D eigenvalue weighted by atomic mass is 32.1. The Morgan fingerprint density at radius 2 is 1.81 bits per heavy atom. The molecule has 2 heterocycles. The van der Waals surface area contributed by atoms with Crippen LogP contribution in [0.5, 0.6) is 0 Å². The molecule has 1 N–H and O–H groups in total. The van der Waals surface area contributed by atoms with Crippen LogP contribution in [-0.2, 0) is 6.54 Å². The van der Waals surface area contributed by atoms with E-state index in [9.17, 15) is 14.4 Å². The molecule has 0 spiro atoms. The first kappa shape index (κ1) is 17.1. The molecule has 0 unspecified atom stereocenters. The van der Waals surface area contributed by atoms with Crippen molar-refractivity contribution in [2.24, 2.45) is 0 Å². The van der Waals surface area contributed by atoms with Gasteiger partial charge in [0.05, 0.1) is 23.4 Å². The average Bonchev–Trinajstić information content (AvgIpc) is 3.19. The number of benzene rings is 2. The van der Waals surface area contributed by atoms with Crippen LogP contribution in [0.25, 0.3) is 0 Å². The highest BCUT2D eigenvalue weighted by Crippen LogP contribution is 2.26. The van der Waals surface area contributed by atoms with E-state index in [1.807, 2.05) is 42.6 Å². The van der Waals surface area contributed by atoms with Crippen LogP contribution in [-0.4, -0.2) is 27.6 Å². The molecule has 1 aromatic heterocycles. The minimum Gasteiger partial charge on any atom is -0.298 e. The smallest absolute Gasteiger partial charge is 0.261 e. The summed E-state index contributed by atoms with van der Waals surface area (Å²) in [5.41, 5.74) is 2.56. The number of anilines is 1. The third-order valence-electron chi connectivity index (χ3n) is 4.26. The monoisotopic (exact) mass is 377 g/mol. The molecule has 0 atom stereocenters. The maximum Gasteiger partial charge on any atom is 0.261 e. The number of hydrogen-bond donors (Lipinski definition) is 1. The number of thiazole rings is 1. The van der Waals surface area contributed by atoms with Crippen LogP contribution >= 0.6 is 11.3 Å². The van der Waals surface area contributed by atoms with Crippen molar-refractivity contribution in [3.05, 3.63) is 81.9 Å². The molecule has 1 aliphatic heterocycles. The van der Waals surface area contributed by atoms with Crippen LogP contribution in [0.3, 0.4) is 0 Å². The van der Waals surface area contributed by atoms with Gasteiger partial charge in [0.25, 0.3) is 17.7 Å². The van der Waals surface area contributed by atoms with Crippen LogP contribution in [0.15, 0.2) is 53.9 Å². The highest BCUT2D eigenvalue weighted by Gasteiger charge is 2.36. The molecule has 2 aromatic carbocycles. The normalized spacial score (nSPS) is 13.0. The molecule has 134 valence electrons. The van der Waals surface area contributed by atoms with Crippen molar-refractivity contribution in [2.75, 3.05) is 5.32 Å². The quantitative estimate of drug-likeness (QED) is 0.706. The van der Waals surface area contributed by atoms with Gasteiger partial charge < -0.3 is 0 Å². The summed E-state index contributed by atoms with van der Waals surface area (Å²) in [6, 6.07) is 13.9. The van der Waals surface area contributed by atoms with Crippen LogP contribution < -0.4 is 5.32 Å². The second-order valence-electron chi connectivity index (χ2n) is 6.19. The van der Waals surface area contributed by atoms with E-state index in [0.717, 1.165) is 11.3 Å². The lowest BCUT2D eigenvalue weighted by atomic mass is 10.1. The first-order valence-corrected chi connectivity index (χ1v) is 9.18. The van der Waals surface area contributed by atoms with Gasteiger partial charge in [0, 0.05) is 10.9 Å². The zero-order chi connectivity index (χ0) is 19.0. The molecule has 0 saturated heterocycles. The van der Waals surface area contributed by atoms with Gasteiger partial charge in [-0.15, -0.1) is 11.3 Å². The predicted octanol–water partition coefficient (Wildman–Crippen LogP) is 3.50. The second-order valence-corrected chi connectivity index (χ2v) is 7.05. The van der Waals surface area contributed by atoms with Crippen LogP contribution in [0.2, 0.25) is 0 Å². The fraction of sp³-hybridized carbons (Fsp3) is 0.100. The maximum atomic E-state index is 12.7. The van der Waals surface area contributed by atoms with Crippen molar-refractivity contribution in [1.82, 2.24) is 9.88 Å². The Kier molecular flexibility index (Phi) is 4.29. The van der Waals surface area contributed by atoms with Crippen molar-refractivity contribution in [3.63, 3.8) is 0 Å². The van der Waals surface area contributed by atoms with Gasteiger partial charge in [-0.3, -0.25) is 24.6 Å². The van der Waals surface area contributed by atoms with Crippen molar-refractivity contribution in [3.8, 4) is 0 Å². The molecule has 0 bridgehead atoms. The Labute approximate surface area is 159 Å². The number of carbonyl (C=O) groups is 3. The standard InChI is InChI=1S/C20H15N3O3S/c1-12-11-27-20(21-12)22-17(24)14-7-8-15-16(9-14)19(26)23(18(15)25)10-13-5-3-2-4-6-13/h2-9,11H,10H2,1H3,(H,21,22,24). The first-order chi connectivity index (χ1) is 13.0. The van der Waals surface area contributed by atoms with Crippen molar-refractivity contribution in [1.29, 1.82) is 0 Å². The Hall–Kier alpha value is -3.32. The number of fused-ring (bicyclic) bond motifs is 1. The molecule has 0 aliphatic carbocycles. The number of amides is 3. The van der Waals surface area contributed by atoms with E-state index < -0.39 is 5.91 Å². The van der Waals surface area contributed by atoms with E-state index in [2.05, 4.69) is 10.3 Å². The number of imide groups is 1. The number of aromatic nitrogens is 1. The Balaban J connectivity index is 1.57. The Morgan fingerprint density at radius 1 is 1.07 bits per heavy atom. The molecule has 4 rings (SSSR count). The number of nitrogens with zero attached hydrogens (tertiary/aromatic N) is 2. The molecule has 6 nitrogen and oxygen atoms in total. The summed E-state index contributed by atoms with van der Waals surface area (Å²) in [4.78, 5) is 43.1. The summed E-state index contributed by atoms with van der Waals surface area (Å²) < 4.78 is 0. The fourth-order valence-electron chi connectivity index (χ4n) is 2.92. The van der Waals surface area contributed by atoms with Crippen molar-refractivity contribution in [2.45, 2.75) is 13.5 Å². The molecule has 0 radical (unpaired) electrons. The highest BCUT2D eigenvalue weighted by molar-refractivity contribution is 7.13. The lowest BCUT2D eigenvalue weighted by molar-refractivity contribution is 0.0642. The second kappa shape index (κ2) is 6.77. The first-order valence-electron chi connectivity index (χ1n) is 8.30. The van der Waals surface area contributed by atoms with Gasteiger partial charge in [-0.25, -0.2) is 4.98 Å². The number of hydrogen-bond acceptors (Lipinski definition) is 5. The van der Waals surface area contributed by atoms with Gasteiger partial charge in [-0.1, -0.05) is 30.3 Å². The van der Waals surface area contributed by atoms with Gasteiger partial charge in [0.1, 0.15) is 0 Å². The SMILES string of the molecule is Cc1csc(NC(=O)c2ccc3c(c2)C(=O)N(Cc2ccccc2)C3=O)n1. The summed E-state index contributed by atoms with van der Waals surface area (Å²) in [7, 11) is 0.